The van der Waals surface area contributed by atoms with Gasteiger partial charge in [0.1, 0.15) is 5.69 Å². The molecule has 6 aromatic rings. The fraction of sp³-hybridized carbons (Fsp3) is 0. The van der Waals surface area contributed by atoms with Gasteiger partial charge in [-0.1, -0.05) is 24.3 Å². The van der Waals surface area contributed by atoms with Crippen LogP contribution in [0.1, 0.15) is 10.4 Å². The molecule has 0 aliphatic heterocycles. The van der Waals surface area contributed by atoms with Gasteiger partial charge in [-0.2, -0.15) is 5.10 Å². The highest BCUT2D eigenvalue weighted by Crippen LogP contribution is 2.32. The fourth-order valence-corrected chi connectivity index (χ4v) is 3.96. The van der Waals surface area contributed by atoms with Crippen molar-refractivity contribution in [3.8, 4) is 22.5 Å². The number of aromatic nitrogens is 5. The number of H-pyrrole nitrogens is 2. The molecule has 158 valence electrons. The Bertz CT molecular complexity index is 1580. The molecule has 0 spiro atoms. The molecular weight excluding hydrogens is 412 g/mol. The summed E-state index contributed by atoms with van der Waals surface area (Å²) in [6.07, 6.45) is 7.02. The lowest BCUT2D eigenvalue weighted by Crippen LogP contribution is -2.11. The number of amides is 1. The van der Waals surface area contributed by atoms with E-state index in [2.05, 4.69) is 36.5 Å². The van der Waals surface area contributed by atoms with Crippen molar-refractivity contribution in [1.29, 1.82) is 0 Å². The van der Waals surface area contributed by atoms with E-state index in [0.29, 0.717) is 11.3 Å². The number of hydrogen-bond donors (Lipinski definition) is 3. The van der Waals surface area contributed by atoms with Gasteiger partial charge < -0.3 is 10.3 Å². The maximum Gasteiger partial charge on any atom is 0.255 e. The molecule has 3 N–H and O–H groups in total. The van der Waals surface area contributed by atoms with Crippen molar-refractivity contribution in [2.75, 3.05) is 5.32 Å². The van der Waals surface area contributed by atoms with Gasteiger partial charge in [-0.05, 0) is 48.0 Å². The van der Waals surface area contributed by atoms with Gasteiger partial charge in [-0.15, -0.1) is 0 Å². The van der Waals surface area contributed by atoms with Crippen molar-refractivity contribution in [2.24, 2.45) is 0 Å². The molecule has 0 saturated heterocycles. The number of nitrogens with zero attached hydrogens (tertiary/aromatic N) is 3. The van der Waals surface area contributed by atoms with E-state index in [1.54, 1.807) is 30.7 Å². The van der Waals surface area contributed by atoms with Crippen LogP contribution in [0.15, 0.2) is 91.5 Å². The van der Waals surface area contributed by atoms with E-state index in [0.717, 1.165) is 44.3 Å². The summed E-state index contributed by atoms with van der Waals surface area (Å²) >= 11 is 0. The van der Waals surface area contributed by atoms with Crippen molar-refractivity contribution in [3.63, 3.8) is 0 Å². The van der Waals surface area contributed by atoms with Crippen molar-refractivity contribution in [2.45, 2.75) is 0 Å². The number of nitrogens with one attached hydrogen (secondary N) is 3. The van der Waals surface area contributed by atoms with Gasteiger partial charge in [-0.3, -0.25) is 19.9 Å². The molecule has 0 atom stereocenters. The lowest BCUT2D eigenvalue weighted by Gasteiger charge is -2.08. The second-order valence-electron chi connectivity index (χ2n) is 7.76. The molecule has 0 radical (unpaired) electrons. The van der Waals surface area contributed by atoms with E-state index in [1.807, 2.05) is 54.7 Å². The molecule has 7 heteroatoms. The van der Waals surface area contributed by atoms with Crippen molar-refractivity contribution >= 4 is 33.4 Å². The summed E-state index contributed by atoms with van der Waals surface area (Å²) in [5.41, 5.74) is 6.82. The molecule has 6 rings (SSSR count). The molecule has 33 heavy (non-hydrogen) atoms. The molecule has 0 unspecified atom stereocenters. The zero-order valence-corrected chi connectivity index (χ0v) is 17.4. The van der Waals surface area contributed by atoms with Crippen molar-refractivity contribution in [3.05, 3.63) is 97.1 Å². The Hall–Kier alpha value is -4.78. The summed E-state index contributed by atoms with van der Waals surface area (Å²) in [4.78, 5) is 24.5. The normalized spacial score (nSPS) is 11.2. The summed E-state index contributed by atoms with van der Waals surface area (Å²) in [6, 6.07) is 21.1. The molecular formula is C26H18N6O. The van der Waals surface area contributed by atoms with Gasteiger partial charge in [0, 0.05) is 46.0 Å². The molecule has 1 amide bonds. The third kappa shape index (κ3) is 3.51. The SMILES string of the molecule is O=C(Nc1cncc(-c2ccc3[nH]nc(-c4cc5cnccc5[nH]4)c3c2)c1)c1ccccc1. The van der Waals surface area contributed by atoms with E-state index in [4.69, 9.17) is 0 Å². The van der Waals surface area contributed by atoms with E-state index >= 15 is 0 Å². The van der Waals surface area contributed by atoms with Gasteiger partial charge >= 0.3 is 0 Å². The highest BCUT2D eigenvalue weighted by molar-refractivity contribution is 6.04. The topological polar surface area (TPSA) is 99.3 Å². The monoisotopic (exact) mass is 430 g/mol. The van der Waals surface area contributed by atoms with Crippen molar-refractivity contribution < 1.29 is 4.79 Å². The lowest BCUT2D eigenvalue weighted by molar-refractivity contribution is 0.102. The van der Waals surface area contributed by atoms with Crippen LogP contribution in [0.3, 0.4) is 0 Å². The quantitative estimate of drug-likeness (QED) is 0.348. The molecule has 7 nitrogen and oxygen atoms in total. The zero-order valence-electron chi connectivity index (χ0n) is 17.4. The molecule has 2 aromatic carbocycles. The van der Waals surface area contributed by atoms with Gasteiger partial charge in [0.2, 0.25) is 0 Å². The first-order valence-electron chi connectivity index (χ1n) is 10.5. The van der Waals surface area contributed by atoms with Gasteiger partial charge in [0.15, 0.2) is 0 Å². The zero-order chi connectivity index (χ0) is 22.2. The second kappa shape index (κ2) is 7.72. The van der Waals surface area contributed by atoms with E-state index in [1.165, 1.54) is 0 Å². The number of anilines is 1. The molecule has 0 aliphatic carbocycles. The summed E-state index contributed by atoms with van der Waals surface area (Å²) in [5, 5.41) is 12.6. The van der Waals surface area contributed by atoms with Crippen LogP contribution < -0.4 is 5.32 Å². The van der Waals surface area contributed by atoms with Crippen LogP contribution in [0.5, 0.6) is 0 Å². The number of pyridine rings is 2. The molecule has 0 bridgehead atoms. The number of hydrogen-bond acceptors (Lipinski definition) is 4. The number of benzene rings is 2. The Morgan fingerprint density at radius 1 is 0.818 bits per heavy atom. The average Bonchev–Trinajstić information content (AvgIpc) is 3.48. The molecule has 4 heterocycles. The number of carbonyl (C=O) groups is 1. The largest absolute Gasteiger partial charge is 0.353 e. The average molecular weight is 430 g/mol. The Morgan fingerprint density at radius 3 is 2.61 bits per heavy atom. The van der Waals surface area contributed by atoms with Crippen LogP contribution in [0, 0.1) is 0 Å². The van der Waals surface area contributed by atoms with Crippen LogP contribution in [-0.2, 0) is 0 Å². The van der Waals surface area contributed by atoms with Crippen LogP contribution >= 0.6 is 0 Å². The van der Waals surface area contributed by atoms with Crippen LogP contribution in [0.4, 0.5) is 5.69 Å². The minimum Gasteiger partial charge on any atom is -0.353 e. The highest BCUT2D eigenvalue weighted by atomic mass is 16.1. The maximum absolute atomic E-state index is 12.5. The Morgan fingerprint density at radius 2 is 1.73 bits per heavy atom. The first kappa shape index (κ1) is 18.9. The Labute approximate surface area is 188 Å². The molecule has 4 aromatic heterocycles. The fourth-order valence-electron chi connectivity index (χ4n) is 3.96. The van der Waals surface area contributed by atoms with E-state index < -0.39 is 0 Å². The van der Waals surface area contributed by atoms with E-state index in [9.17, 15) is 4.79 Å². The van der Waals surface area contributed by atoms with Gasteiger partial charge in [0.25, 0.3) is 5.91 Å². The smallest absolute Gasteiger partial charge is 0.255 e. The van der Waals surface area contributed by atoms with Crippen LogP contribution in [0.2, 0.25) is 0 Å². The van der Waals surface area contributed by atoms with E-state index in [-0.39, 0.29) is 5.91 Å². The molecule has 0 aliphatic rings. The van der Waals surface area contributed by atoms with Crippen LogP contribution in [-0.4, -0.2) is 31.1 Å². The first-order chi connectivity index (χ1) is 16.2. The van der Waals surface area contributed by atoms with Gasteiger partial charge in [-0.25, -0.2) is 0 Å². The Kier molecular flexibility index (Phi) is 4.43. The number of rotatable bonds is 4. The summed E-state index contributed by atoms with van der Waals surface area (Å²) in [7, 11) is 0. The maximum atomic E-state index is 12.5. The number of aromatic amines is 2. The molecule has 0 saturated carbocycles. The van der Waals surface area contributed by atoms with Gasteiger partial charge in [0.05, 0.1) is 23.1 Å². The number of fused-ring (bicyclic) bond motifs is 2. The third-order valence-corrected chi connectivity index (χ3v) is 5.60. The highest BCUT2D eigenvalue weighted by Gasteiger charge is 2.13. The lowest BCUT2D eigenvalue weighted by atomic mass is 10.0. The number of carbonyl (C=O) groups excluding carboxylic acids is 1. The predicted octanol–water partition coefficient (Wildman–Crippen LogP) is 5.42. The van der Waals surface area contributed by atoms with Crippen LogP contribution in [0.25, 0.3) is 44.3 Å². The van der Waals surface area contributed by atoms with Crippen molar-refractivity contribution in [1.82, 2.24) is 25.1 Å². The first-order valence-corrected chi connectivity index (χ1v) is 10.5. The summed E-state index contributed by atoms with van der Waals surface area (Å²) < 4.78 is 0. The Balaban J connectivity index is 1.36. The standard InChI is InChI=1S/C26H18N6O/c33-26(16-4-2-1-3-5-16)29-20-10-18(13-28-15-20)17-6-7-23-21(11-17)25(32-31-23)24-12-19-14-27-9-8-22(19)30-24/h1-15,30H,(H,29,33)(H,31,32). The summed E-state index contributed by atoms with van der Waals surface area (Å²) in [6.45, 7) is 0. The minimum absolute atomic E-state index is 0.171. The minimum atomic E-state index is -0.171. The predicted molar refractivity (Wildman–Crippen MR) is 129 cm³/mol. The second-order valence-corrected chi connectivity index (χ2v) is 7.76. The molecule has 0 fully saturated rings. The third-order valence-electron chi connectivity index (χ3n) is 5.60. The summed E-state index contributed by atoms with van der Waals surface area (Å²) in [5.74, 6) is -0.171.